The molecule has 0 bridgehead atoms. The third-order valence-corrected chi connectivity index (χ3v) is 4.14. The Morgan fingerprint density at radius 2 is 1.87 bits per heavy atom. The molecule has 1 aromatic rings. The van der Waals surface area contributed by atoms with Gasteiger partial charge in [0.1, 0.15) is 5.75 Å². The highest BCUT2D eigenvalue weighted by Crippen LogP contribution is 2.32. The van der Waals surface area contributed by atoms with Gasteiger partial charge in [0.15, 0.2) is 0 Å². The van der Waals surface area contributed by atoms with Gasteiger partial charge in [0, 0.05) is 0 Å². The van der Waals surface area contributed by atoms with Gasteiger partial charge in [-0.1, -0.05) is 38.8 Å². The van der Waals surface area contributed by atoms with Crippen LogP contribution in [0.15, 0.2) is 24.3 Å². The number of anilines is 1. The first-order chi connectivity index (χ1) is 11.0. The standard InChI is InChI=1S/C18H25NO4/c1-12(2)11-23-16-10-6-5-9-15(16)19-17(20)13-7-3-4-8-14(13)18(21)22/h5-6,9-10,12-14H,3-4,7-8,11H2,1-2H3,(H,19,20)(H,21,22)/t13-,14+/m1/s1. The zero-order chi connectivity index (χ0) is 16.8. The topological polar surface area (TPSA) is 75.6 Å². The molecule has 1 amide bonds. The van der Waals surface area contributed by atoms with E-state index in [0.29, 0.717) is 36.8 Å². The lowest BCUT2D eigenvalue weighted by atomic mass is 9.78. The minimum Gasteiger partial charge on any atom is -0.491 e. The van der Waals surface area contributed by atoms with Crippen LogP contribution in [0.4, 0.5) is 5.69 Å². The number of carboxylic acids is 1. The molecule has 23 heavy (non-hydrogen) atoms. The summed E-state index contributed by atoms with van der Waals surface area (Å²) in [6.07, 6.45) is 2.96. The average molecular weight is 319 g/mol. The van der Waals surface area contributed by atoms with Crippen LogP contribution in [0.5, 0.6) is 5.75 Å². The fourth-order valence-electron chi connectivity index (χ4n) is 2.92. The molecule has 5 heteroatoms. The van der Waals surface area contributed by atoms with Crippen LogP contribution in [-0.2, 0) is 9.59 Å². The van der Waals surface area contributed by atoms with Gasteiger partial charge in [-0.15, -0.1) is 0 Å². The van der Waals surface area contributed by atoms with Crippen LogP contribution < -0.4 is 10.1 Å². The molecule has 2 N–H and O–H groups in total. The summed E-state index contributed by atoms with van der Waals surface area (Å²) in [6, 6.07) is 7.28. The van der Waals surface area contributed by atoms with Gasteiger partial charge in [0.2, 0.25) is 5.91 Å². The minimum absolute atomic E-state index is 0.224. The Morgan fingerprint density at radius 1 is 1.22 bits per heavy atom. The van der Waals surface area contributed by atoms with Gasteiger partial charge in [-0.25, -0.2) is 0 Å². The molecule has 0 spiro atoms. The van der Waals surface area contributed by atoms with E-state index in [1.807, 2.05) is 18.2 Å². The van der Waals surface area contributed by atoms with E-state index in [4.69, 9.17) is 4.74 Å². The number of rotatable bonds is 6. The lowest BCUT2D eigenvalue weighted by molar-refractivity contribution is -0.147. The number of para-hydroxylation sites is 2. The number of hydrogen-bond acceptors (Lipinski definition) is 3. The van der Waals surface area contributed by atoms with Crippen LogP contribution in [0.1, 0.15) is 39.5 Å². The monoisotopic (exact) mass is 319 g/mol. The molecule has 0 radical (unpaired) electrons. The van der Waals surface area contributed by atoms with Gasteiger partial charge in [-0.05, 0) is 30.9 Å². The molecule has 0 aliphatic heterocycles. The van der Waals surface area contributed by atoms with Crippen molar-refractivity contribution in [2.75, 3.05) is 11.9 Å². The number of benzene rings is 1. The smallest absolute Gasteiger partial charge is 0.307 e. The molecule has 0 heterocycles. The summed E-state index contributed by atoms with van der Waals surface area (Å²) < 4.78 is 5.73. The van der Waals surface area contributed by atoms with Gasteiger partial charge >= 0.3 is 5.97 Å². The second-order valence-corrected chi connectivity index (χ2v) is 6.53. The molecule has 1 aromatic carbocycles. The molecule has 1 aliphatic rings. The maximum absolute atomic E-state index is 12.5. The Hall–Kier alpha value is -2.04. The molecule has 126 valence electrons. The van der Waals surface area contributed by atoms with E-state index in [9.17, 15) is 14.7 Å². The van der Waals surface area contributed by atoms with Gasteiger partial charge in [0.25, 0.3) is 0 Å². The number of ether oxygens (including phenoxy) is 1. The van der Waals surface area contributed by atoms with Crippen LogP contribution >= 0.6 is 0 Å². The summed E-state index contributed by atoms with van der Waals surface area (Å²) in [5.74, 6) is -1.16. The van der Waals surface area contributed by atoms with Crippen molar-refractivity contribution in [3.8, 4) is 5.75 Å². The Labute approximate surface area is 137 Å². The molecule has 2 rings (SSSR count). The largest absolute Gasteiger partial charge is 0.491 e. The fraction of sp³-hybridized carbons (Fsp3) is 0.556. The Morgan fingerprint density at radius 3 is 2.52 bits per heavy atom. The normalized spacial score (nSPS) is 21.0. The quantitative estimate of drug-likeness (QED) is 0.841. The Balaban J connectivity index is 2.08. The van der Waals surface area contributed by atoms with E-state index in [2.05, 4.69) is 19.2 Å². The zero-order valence-corrected chi connectivity index (χ0v) is 13.7. The van der Waals surface area contributed by atoms with E-state index in [1.165, 1.54) is 0 Å². The summed E-state index contributed by atoms with van der Waals surface area (Å²) in [5.41, 5.74) is 0.605. The fourth-order valence-corrected chi connectivity index (χ4v) is 2.92. The van der Waals surface area contributed by atoms with Crippen molar-refractivity contribution >= 4 is 17.6 Å². The van der Waals surface area contributed by atoms with Gasteiger partial charge < -0.3 is 15.2 Å². The number of nitrogens with one attached hydrogen (secondary N) is 1. The third kappa shape index (κ3) is 4.71. The number of carbonyl (C=O) groups excluding carboxylic acids is 1. The summed E-state index contributed by atoms with van der Waals surface area (Å²) in [7, 11) is 0. The van der Waals surface area contributed by atoms with E-state index < -0.39 is 17.8 Å². The van der Waals surface area contributed by atoms with Crippen LogP contribution in [-0.4, -0.2) is 23.6 Å². The highest BCUT2D eigenvalue weighted by atomic mass is 16.5. The lowest BCUT2D eigenvalue weighted by Gasteiger charge is -2.27. The summed E-state index contributed by atoms with van der Waals surface area (Å²) in [6.45, 7) is 4.68. The van der Waals surface area contributed by atoms with Crippen molar-refractivity contribution in [3.63, 3.8) is 0 Å². The van der Waals surface area contributed by atoms with E-state index in [-0.39, 0.29) is 5.91 Å². The second kappa shape index (κ2) is 7.99. The first kappa shape index (κ1) is 17.3. The van der Waals surface area contributed by atoms with Crippen LogP contribution in [0.3, 0.4) is 0 Å². The third-order valence-electron chi connectivity index (χ3n) is 4.14. The van der Waals surface area contributed by atoms with Crippen molar-refractivity contribution in [1.29, 1.82) is 0 Å². The SMILES string of the molecule is CC(C)COc1ccccc1NC(=O)[C@@H]1CCCC[C@@H]1C(=O)O. The van der Waals surface area contributed by atoms with E-state index in [0.717, 1.165) is 12.8 Å². The van der Waals surface area contributed by atoms with Crippen LogP contribution in [0.2, 0.25) is 0 Å². The summed E-state index contributed by atoms with van der Waals surface area (Å²) in [4.78, 5) is 23.9. The summed E-state index contributed by atoms with van der Waals surface area (Å²) >= 11 is 0. The highest BCUT2D eigenvalue weighted by molar-refractivity contribution is 5.96. The van der Waals surface area contributed by atoms with Gasteiger partial charge in [-0.2, -0.15) is 0 Å². The predicted octanol–water partition coefficient (Wildman–Crippen LogP) is 3.55. The lowest BCUT2D eigenvalue weighted by Crippen LogP contribution is -2.36. The molecule has 0 aromatic heterocycles. The number of aliphatic carboxylic acids is 1. The Kier molecular flexibility index (Phi) is 6.02. The molecule has 1 saturated carbocycles. The second-order valence-electron chi connectivity index (χ2n) is 6.53. The number of hydrogen-bond donors (Lipinski definition) is 2. The van der Waals surface area contributed by atoms with E-state index >= 15 is 0 Å². The number of carboxylic acid groups (broad SMARTS) is 1. The first-order valence-electron chi connectivity index (χ1n) is 8.24. The van der Waals surface area contributed by atoms with E-state index in [1.54, 1.807) is 6.07 Å². The first-order valence-corrected chi connectivity index (χ1v) is 8.24. The molecular weight excluding hydrogens is 294 g/mol. The molecule has 5 nitrogen and oxygen atoms in total. The van der Waals surface area contributed by atoms with Gasteiger partial charge in [-0.3, -0.25) is 9.59 Å². The highest BCUT2D eigenvalue weighted by Gasteiger charge is 2.35. The predicted molar refractivity (Wildman–Crippen MR) is 88.5 cm³/mol. The number of amides is 1. The Bertz CT molecular complexity index is 556. The molecule has 0 saturated heterocycles. The van der Waals surface area contributed by atoms with Crippen molar-refractivity contribution in [2.24, 2.45) is 17.8 Å². The van der Waals surface area contributed by atoms with Crippen molar-refractivity contribution < 1.29 is 19.4 Å². The van der Waals surface area contributed by atoms with Gasteiger partial charge in [0.05, 0.1) is 24.1 Å². The maximum atomic E-state index is 12.5. The minimum atomic E-state index is -0.880. The summed E-state index contributed by atoms with van der Waals surface area (Å²) in [5, 5.41) is 12.2. The van der Waals surface area contributed by atoms with Crippen molar-refractivity contribution in [3.05, 3.63) is 24.3 Å². The number of carbonyl (C=O) groups is 2. The van der Waals surface area contributed by atoms with Crippen LogP contribution in [0, 0.1) is 17.8 Å². The molecule has 0 unspecified atom stereocenters. The molecule has 1 aliphatic carbocycles. The molecular formula is C18H25NO4. The average Bonchev–Trinajstić information content (AvgIpc) is 2.53. The maximum Gasteiger partial charge on any atom is 0.307 e. The van der Waals surface area contributed by atoms with Crippen LogP contribution in [0.25, 0.3) is 0 Å². The van der Waals surface area contributed by atoms with Crippen molar-refractivity contribution in [1.82, 2.24) is 0 Å². The van der Waals surface area contributed by atoms with Crippen molar-refractivity contribution in [2.45, 2.75) is 39.5 Å². The molecule has 2 atom stereocenters. The zero-order valence-electron chi connectivity index (χ0n) is 13.7. The molecule has 1 fully saturated rings.